The van der Waals surface area contributed by atoms with Gasteiger partial charge >= 0.3 is 7.60 Å². The summed E-state index contributed by atoms with van der Waals surface area (Å²) in [6.45, 7) is 3.56. The molecular formula is C9H18NO6P. The molecule has 0 bridgehead atoms. The molecule has 0 aromatic rings. The van der Waals surface area contributed by atoms with Gasteiger partial charge in [0, 0.05) is 7.05 Å². The fraction of sp³-hybridized carbons (Fsp3) is 0.778. The van der Waals surface area contributed by atoms with E-state index in [0.29, 0.717) is 5.06 Å². The predicted molar refractivity (Wildman–Crippen MR) is 59.9 cm³/mol. The first-order valence-electron chi connectivity index (χ1n) is 5.20. The molecule has 0 aromatic carbocycles. The van der Waals surface area contributed by atoms with Gasteiger partial charge in [-0.05, 0) is 13.8 Å². The van der Waals surface area contributed by atoms with E-state index in [1.165, 1.54) is 0 Å². The highest BCUT2D eigenvalue weighted by atomic mass is 31.2. The summed E-state index contributed by atoms with van der Waals surface area (Å²) in [5.41, 5.74) is 0. The molecule has 0 radical (unpaired) electrons. The van der Waals surface area contributed by atoms with Crippen LogP contribution in [0.5, 0.6) is 0 Å². The van der Waals surface area contributed by atoms with Crippen molar-refractivity contribution >= 4 is 19.3 Å². The number of amides is 1. The summed E-state index contributed by atoms with van der Waals surface area (Å²) in [4.78, 5) is 22.5. The van der Waals surface area contributed by atoms with Gasteiger partial charge in [0.2, 0.25) is 0 Å². The van der Waals surface area contributed by atoms with Gasteiger partial charge in [-0.25, -0.2) is 5.06 Å². The second kappa shape index (κ2) is 7.55. The lowest BCUT2D eigenvalue weighted by Crippen LogP contribution is -2.26. The predicted octanol–water partition coefficient (Wildman–Crippen LogP) is 1.06. The number of nitrogens with zero attached hydrogens (tertiary/aromatic N) is 1. The van der Waals surface area contributed by atoms with Gasteiger partial charge in [-0.15, -0.1) is 0 Å². The molecule has 0 rings (SSSR count). The van der Waals surface area contributed by atoms with Crippen molar-refractivity contribution in [2.24, 2.45) is 0 Å². The summed E-state index contributed by atoms with van der Waals surface area (Å²) in [6, 6.07) is 0. The molecule has 0 aliphatic heterocycles. The van der Waals surface area contributed by atoms with E-state index in [1.54, 1.807) is 13.8 Å². The van der Waals surface area contributed by atoms with Crippen molar-refractivity contribution in [1.29, 1.82) is 0 Å². The van der Waals surface area contributed by atoms with Crippen LogP contribution in [0, 0.1) is 0 Å². The molecule has 0 fully saturated rings. The molecule has 0 spiro atoms. The number of hydrogen-bond donors (Lipinski definition) is 1. The molecule has 17 heavy (non-hydrogen) atoms. The molecular weight excluding hydrogens is 249 g/mol. The number of rotatable bonds is 8. The van der Waals surface area contributed by atoms with Crippen LogP contribution < -0.4 is 0 Å². The minimum atomic E-state index is -3.46. The van der Waals surface area contributed by atoms with E-state index in [2.05, 4.69) is 0 Å². The van der Waals surface area contributed by atoms with Crippen molar-refractivity contribution in [1.82, 2.24) is 5.06 Å². The first-order valence-corrected chi connectivity index (χ1v) is 6.92. The minimum absolute atomic E-state index is 0.151. The molecule has 0 heterocycles. The molecule has 7 nitrogen and oxygen atoms in total. The van der Waals surface area contributed by atoms with Crippen LogP contribution in [-0.4, -0.2) is 48.4 Å². The normalized spacial score (nSPS) is 11.3. The Morgan fingerprint density at radius 3 is 2.06 bits per heavy atom. The first kappa shape index (κ1) is 16.2. The Morgan fingerprint density at radius 2 is 1.71 bits per heavy atom. The Kier molecular flexibility index (Phi) is 7.22. The van der Waals surface area contributed by atoms with Crippen LogP contribution in [0.2, 0.25) is 0 Å². The first-order chi connectivity index (χ1) is 7.84. The highest BCUT2D eigenvalue weighted by molar-refractivity contribution is 7.54. The fourth-order valence-electron chi connectivity index (χ4n) is 1.08. The summed E-state index contributed by atoms with van der Waals surface area (Å²) in [5, 5.41) is 9.08. The molecule has 1 N–H and O–H groups in total. The summed E-state index contributed by atoms with van der Waals surface area (Å²) < 4.78 is 21.7. The molecule has 100 valence electrons. The maximum absolute atomic E-state index is 11.9. The van der Waals surface area contributed by atoms with Crippen LogP contribution in [-0.2, 0) is 23.2 Å². The zero-order chi connectivity index (χ0) is 13.5. The molecule has 0 aliphatic carbocycles. The summed E-state index contributed by atoms with van der Waals surface area (Å²) in [5.74, 6) is -1.37. The lowest BCUT2D eigenvalue weighted by Gasteiger charge is -2.16. The van der Waals surface area contributed by atoms with Crippen molar-refractivity contribution in [2.45, 2.75) is 20.3 Å². The van der Waals surface area contributed by atoms with Crippen molar-refractivity contribution in [3.05, 3.63) is 0 Å². The molecule has 0 atom stereocenters. The van der Waals surface area contributed by atoms with Crippen molar-refractivity contribution in [3.63, 3.8) is 0 Å². The molecule has 8 heteroatoms. The Hall–Kier alpha value is -0.750. The van der Waals surface area contributed by atoms with Gasteiger partial charge < -0.3 is 9.05 Å². The summed E-state index contributed by atoms with van der Waals surface area (Å²) in [7, 11) is -2.35. The number of carbonyl (C=O) groups is 2. The number of hydrogen-bond acceptors (Lipinski definition) is 6. The van der Waals surface area contributed by atoms with Gasteiger partial charge in [0.25, 0.3) is 5.91 Å². The van der Waals surface area contributed by atoms with Crippen molar-refractivity contribution in [3.8, 4) is 0 Å². The van der Waals surface area contributed by atoms with Gasteiger partial charge in [0.05, 0.1) is 19.6 Å². The van der Waals surface area contributed by atoms with Crippen molar-refractivity contribution < 1.29 is 28.4 Å². The third kappa shape index (κ3) is 6.53. The third-order valence-electron chi connectivity index (χ3n) is 1.73. The molecule has 0 saturated carbocycles. The molecule has 0 aromatic heterocycles. The van der Waals surface area contributed by atoms with Crippen LogP contribution in [0.15, 0.2) is 0 Å². The second-order valence-electron chi connectivity index (χ2n) is 3.24. The maximum atomic E-state index is 11.9. The van der Waals surface area contributed by atoms with E-state index >= 15 is 0 Å². The Bertz CT molecular complexity index is 307. The van der Waals surface area contributed by atoms with Crippen LogP contribution in [0.1, 0.15) is 20.3 Å². The van der Waals surface area contributed by atoms with E-state index in [-0.39, 0.29) is 13.2 Å². The van der Waals surface area contributed by atoms with Gasteiger partial charge in [-0.1, -0.05) is 0 Å². The SMILES string of the molecule is CCOP(=O)(CC(=O)CC(=O)N(C)O)OCC. The fourth-order valence-corrected chi connectivity index (χ4v) is 2.66. The number of carbonyl (C=O) groups excluding carboxylic acids is 2. The Balaban J connectivity index is 4.41. The highest BCUT2D eigenvalue weighted by Crippen LogP contribution is 2.47. The zero-order valence-corrected chi connectivity index (χ0v) is 11.1. The highest BCUT2D eigenvalue weighted by Gasteiger charge is 2.28. The van der Waals surface area contributed by atoms with Gasteiger partial charge in [0.15, 0.2) is 5.78 Å². The lowest BCUT2D eigenvalue weighted by atomic mass is 10.3. The minimum Gasteiger partial charge on any atom is -0.309 e. The van der Waals surface area contributed by atoms with Crippen LogP contribution in [0.25, 0.3) is 0 Å². The Morgan fingerprint density at radius 1 is 1.24 bits per heavy atom. The summed E-state index contributed by atoms with van der Waals surface area (Å²) in [6.07, 6.45) is -0.995. The summed E-state index contributed by atoms with van der Waals surface area (Å²) >= 11 is 0. The van der Waals surface area contributed by atoms with Gasteiger partial charge in [-0.3, -0.25) is 19.4 Å². The van der Waals surface area contributed by atoms with Crippen LogP contribution in [0.3, 0.4) is 0 Å². The molecule has 0 saturated heterocycles. The zero-order valence-electron chi connectivity index (χ0n) is 10.2. The van der Waals surface area contributed by atoms with E-state index < -0.39 is 31.9 Å². The molecule has 1 amide bonds. The van der Waals surface area contributed by atoms with E-state index in [9.17, 15) is 14.2 Å². The smallest absolute Gasteiger partial charge is 0.309 e. The van der Waals surface area contributed by atoms with Gasteiger partial charge in [0.1, 0.15) is 6.16 Å². The quantitative estimate of drug-likeness (QED) is 0.306. The second-order valence-corrected chi connectivity index (χ2v) is 5.29. The average Bonchev–Trinajstić information content (AvgIpc) is 2.16. The lowest BCUT2D eigenvalue weighted by molar-refractivity contribution is -0.160. The largest absolute Gasteiger partial charge is 0.338 e. The van der Waals surface area contributed by atoms with Crippen molar-refractivity contribution in [2.75, 3.05) is 26.4 Å². The van der Waals surface area contributed by atoms with Crippen LogP contribution in [0.4, 0.5) is 0 Å². The van der Waals surface area contributed by atoms with E-state index in [1.807, 2.05) is 0 Å². The number of Topliss-reactive ketones (excluding diaryl/α,β-unsaturated/α-hetero) is 1. The number of hydroxylamine groups is 2. The topological polar surface area (TPSA) is 93.1 Å². The maximum Gasteiger partial charge on any atom is 0.338 e. The third-order valence-corrected chi connectivity index (χ3v) is 3.77. The number of ketones is 1. The molecule has 0 aliphatic rings. The molecule has 0 unspecified atom stereocenters. The van der Waals surface area contributed by atoms with Crippen LogP contribution >= 0.6 is 7.60 Å². The Labute approximate surface area is 100 Å². The van der Waals surface area contributed by atoms with E-state index in [0.717, 1.165) is 7.05 Å². The van der Waals surface area contributed by atoms with Gasteiger partial charge in [-0.2, -0.15) is 0 Å². The van der Waals surface area contributed by atoms with E-state index in [4.69, 9.17) is 14.3 Å². The monoisotopic (exact) mass is 267 g/mol. The average molecular weight is 267 g/mol. The standard InChI is InChI=1S/C9H18NO6P/c1-4-15-17(14,16-5-2)7-8(11)6-9(12)10(3)13/h13H,4-7H2,1-3H3.